The minimum absolute atomic E-state index is 0.0366. The van der Waals surface area contributed by atoms with Crippen molar-refractivity contribution in [1.29, 1.82) is 0 Å². The molecule has 0 aliphatic heterocycles. The molecule has 2 atom stereocenters. The van der Waals surface area contributed by atoms with Crippen molar-refractivity contribution in [3.05, 3.63) is 29.6 Å². The van der Waals surface area contributed by atoms with Gasteiger partial charge in [-0.15, -0.1) is 11.6 Å². The molecular weight excluding hydrogens is 269 g/mol. The van der Waals surface area contributed by atoms with Crippen molar-refractivity contribution in [2.45, 2.75) is 24.6 Å². The number of hydrogen-bond donors (Lipinski definition) is 1. The van der Waals surface area contributed by atoms with Gasteiger partial charge < -0.3 is 10.1 Å². The predicted molar refractivity (Wildman–Crippen MR) is 72.3 cm³/mol. The number of methoxy groups -OCH3 is 1. The van der Waals surface area contributed by atoms with Gasteiger partial charge in [0.1, 0.15) is 17.1 Å². The van der Waals surface area contributed by atoms with Crippen LogP contribution in [0.5, 0.6) is 5.75 Å². The molecule has 0 radical (unpaired) electrons. The van der Waals surface area contributed by atoms with E-state index in [1.54, 1.807) is 6.07 Å². The molecule has 0 bridgehead atoms. The number of halogens is 2. The maximum atomic E-state index is 13.7. The summed E-state index contributed by atoms with van der Waals surface area (Å²) in [7, 11) is 1.42. The Hall–Kier alpha value is -1.29. The fraction of sp³-hybridized carbons (Fsp3) is 0.500. The summed E-state index contributed by atoms with van der Waals surface area (Å²) in [6.45, 7) is 0.527. The summed E-state index contributed by atoms with van der Waals surface area (Å²) in [5.41, 5.74) is -0.0366. The van der Waals surface area contributed by atoms with E-state index in [2.05, 4.69) is 5.32 Å². The third kappa shape index (κ3) is 3.38. The molecule has 1 aromatic carbocycles. The minimum Gasteiger partial charge on any atom is -0.496 e. The second kappa shape index (κ2) is 6.24. The predicted octanol–water partition coefficient (Wildman–Crippen LogP) is 2.97. The zero-order valence-electron chi connectivity index (χ0n) is 10.8. The Morgan fingerprint density at radius 3 is 2.95 bits per heavy atom. The van der Waals surface area contributed by atoms with E-state index in [4.69, 9.17) is 16.3 Å². The van der Waals surface area contributed by atoms with Crippen LogP contribution in [0, 0.1) is 11.7 Å². The average Bonchev–Trinajstić information content (AvgIpc) is 2.81. The van der Waals surface area contributed by atoms with E-state index < -0.39 is 11.7 Å². The van der Waals surface area contributed by atoms with Gasteiger partial charge in [-0.25, -0.2) is 4.39 Å². The van der Waals surface area contributed by atoms with E-state index in [-0.39, 0.29) is 16.7 Å². The Labute approximate surface area is 117 Å². The molecule has 1 aromatic rings. The molecular formula is C14H17ClFNO2. The number of alkyl halides is 1. The summed E-state index contributed by atoms with van der Waals surface area (Å²) in [4.78, 5) is 12.0. The summed E-state index contributed by atoms with van der Waals surface area (Å²) in [6.07, 6.45) is 2.88. The quantitative estimate of drug-likeness (QED) is 0.864. The third-order valence-electron chi connectivity index (χ3n) is 3.45. The van der Waals surface area contributed by atoms with Gasteiger partial charge in [-0.2, -0.15) is 0 Å². The smallest absolute Gasteiger partial charge is 0.258 e. The Morgan fingerprint density at radius 1 is 1.53 bits per heavy atom. The van der Waals surface area contributed by atoms with Crippen LogP contribution >= 0.6 is 11.6 Å². The molecule has 0 spiro atoms. The molecule has 2 unspecified atom stereocenters. The first-order valence-corrected chi connectivity index (χ1v) is 6.80. The largest absolute Gasteiger partial charge is 0.496 e. The Balaban J connectivity index is 2.00. The summed E-state index contributed by atoms with van der Waals surface area (Å²) in [5.74, 6) is -0.380. The molecule has 3 nitrogen and oxygen atoms in total. The van der Waals surface area contributed by atoms with Crippen LogP contribution in [0.25, 0.3) is 0 Å². The molecule has 0 saturated heterocycles. The second-order valence-corrected chi connectivity index (χ2v) is 5.42. The number of hydrogen-bond acceptors (Lipinski definition) is 2. The lowest BCUT2D eigenvalue weighted by molar-refractivity contribution is 0.0940. The molecule has 2 rings (SSSR count). The van der Waals surface area contributed by atoms with E-state index in [0.29, 0.717) is 12.5 Å². The molecule has 1 aliphatic carbocycles. The zero-order chi connectivity index (χ0) is 13.8. The van der Waals surface area contributed by atoms with E-state index >= 15 is 0 Å². The Morgan fingerprint density at radius 2 is 2.32 bits per heavy atom. The summed E-state index contributed by atoms with van der Waals surface area (Å²) in [5, 5.41) is 2.96. The molecule has 5 heteroatoms. The van der Waals surface area contributed by atoms with Crippen molar-refractivity contribution >= 4 is 17.5 Å². The van der Waals surface area contributed by atoms with Crippen molar-refractivity contribution in [3.8, 4) is 5.75 Å². The maximum Gasteiger partial charge on any atom is 0.258 e. The third-order valence-corrected chi connectivity index (χ3v) is 3.85. The van der Waals surface area contributed by atoms with E-state index in [0.717, 1.165) is 19.3 Å². The average molecular weight is 286 g/mol. The number of amides is 1. The van der Waals surface area contributed by atoms with Crippen molar-refractivity contribution < 1.29 is 13.9 Å². The number of rotatable bonds is 4. The molecule has 0 heterocycles. The number of nitrogens with one attached hydrogen (secondary N) is 1. The topological polar surface area (TPSA) is 38.3 Å². The minimum atomic E-state index is -0.571. The van der Waals surface area contributed by atoms with Gasteiger partial charge in [-0.1, -0.05) is 6.07 Å². The van der Waals surface area contributed by atoms with Gasteiger partial charge in [0.2, 0.25) is 0 Å². The molecule has 1 fully saturated rings. The van der Waals surface area contributed by atoms with Crippen LogP contribution in [0.4, 0.5) is 4.39 Å². The fourth-order valence-corrected chi connectivity index (χ4v) is 2.80. The summed E-state index contributed by atoms with van der Waals surface area (Å²) in [6, 6.07) is 4.34. The highest BCUT2D eigenvalue weighted by Gasteiger charge is 2.24. The van der Waals surface area contributed by atoms with Crippen LogP contribution in [0.15, 0.2) is 18.2 Å². The van der Waals surface area contributed by atoms with Gasteiger partial charge in [0, 0.05) is 11.9 Å². The van der Waals surface area contributed by atoms with Gasteiger partial charge in [-0.05, 0) is 37.3 Å². The lowest BCUT2D eigenvalue weighted by atomic mass is 10.1. The highest BCUT2D eigenvalue weighted by molar-refractivity contribution is 6.20. The van der Waals surface area contributed by atoms with Gasteiger partial charge in [0.15, 0.2) is 0 Å². The molecule has 1 saturated carbocycles. The maximum absolute atomic E-state index is 13.7. The van der Waals surface area contributed by atoms with Crippen LogP contribution < -0.4 is 10.1 Å². The van der Waals surface area contributed by atoms with Gasteiger partial charge in [0.05, 0.1) is 7.11 Å². The van der Waals surface area contributed by atoms with Crippen molar-refractivity contribution in [1.82, 2.24) is 5.32 Å². The molecule has 1 amide bonds. The van der Waals surface area contributed by atoms with Crippen molar-refractivity contribution in [2.75, 3.05) is 13.7 Å². The number of carbonyl (C=O) groups is 1. The first-order valence-electron chi connectivity index (χ1n) is 6.36. The van der Waals surface area contributed by atoms with Crippen LogP contribution in [0.1, 0.15) is 29.6 Å². The monoisotopic (exact) mass is 285 g/mol. The highest BCUT2D eigenvalue weighted by atomic mass is 35.5. The second-order valence-electron chi connectivity index (χ2n) is 4.80. The van der Waals surface area contributed by atoms with Crippen LogP contribution in [-0.4, -0.2) is 24.9 Å². The fourth-order valence-electron chi connectivity index (χ4n) is 2.42. The first-order chi connectivity index (χ1) is 9.11. The van der Waals surface area contributed by atoms with E-state index in [1.807, 2.05) is 0 Å². The lowest BCUT2D eigenvalue weighted by Gasteiger charge is -2.13. The molecule has 104 valence electrons. The van der Waals surface area contributed by atoms with Crippen molar-refractivity contribution in [3.63, 3.8) is 0 Å². The Kier molecular flexibility index (Phi) is 4.64. The number of benzene rings is 1. The van der Waals surface area contributed by atoms with Crippen LogP contribution in [-0.2, 0) is 0 Å². The van der Waals surface area contributed by atoms with Crippen LogP contribution in [0.3, 0.4) is 0 Å². The standard InChI is InChI=1S/C14H17ClFNO2/c1-19-12-4-2-3-11(16)13(12)14(18)17-8-9-5-6-10(15)7-9/h2-4,9-10H,5-8H2,1H3,(H,17,18). The van der Waals surface area contributed by atoms with Crippen molar-refractivity contribution in [2.24, 2.45) is 5.92 Å². The summed E-state index contributed by atoms with van der Waals surface area (Å²) < 4.78 is 18.7. The Bertz CT molecular complexity index is 467. The van der Waals surface area contributed by atoms with E-state index in [1.165, 1.54) is 19.2 Å². The van der Waals surface area contributed by atoms with Crippen LogP contribution in [0.2, 0.25) is 0 Å². The molecule has 19 heavy (non-hydrogen) atoms. The van der Waals surface area contributed by atoms with Gasteiger partial charge >= 0.3 is 0 Å². The summed E-state index contributed by atoms with van der Waals surface area (Å²) >= 11 is 6.02. The number of carbonyl (C=O) groups excluding carboxylic acids is 1. The highest BCUT2D eigenvalue weighted by Crippen LogP contribution is 2.29. The zero-order valence-corrected chi connectivity index (χ0v) is 11.5. The number of ether oxygens (including phenoxy) is 1. The molecule has 1 aliphatic rings. The lowest BCUT2D eigenvalue weighted by Crippen LogP contribution is -2.29. The van der Waals surface area contributed by atoms with Gasteiger partial charge in [-0.3, -0.25) is 4.79 Å². The molecule has 1 N–H and O–H groups in total. The first kappa shape index (κ1) is 14.1. The van der Waals surface area contributed by atoms with E-state index in [9.17, 15) is 9.18 Å². The SMILES string of the molecule is COc1cccc(F)c1C(=O)NCC1CCC(Cl)C1. The normalized spacial score (nSPS) is 22.3. The van der Waals surface area contributed by atoms with Gasteiger partial charge in [0.25, 0.3) is 5.91 Å². The molecule has 0 aromatic heterocycles.